The monoisotopic (exact) mass is 300 g/mol. The minimum Gasteiger partial charge on any atom is -0.480 e. The van der Waals surface area contributed by atoms with Crippen LogP contribution in [0.3, 0.4) is 0 Å². The molecule has 1 aromatic heterocycles. The summed E-state index contributed by atoms with van der Waals surface area (Å²) < 4.78 is 4.82. The number of carboxylic acid groups (broad SMARTS) is 1. The minimum atomic E-state index is -1.11. The number of nitrogens with zero attached hydrogens (tertiary/aromatic N) is 1. The van der Waals surface area contributed by atoms with Gasteiger partial charge in [0.2, 0.25) is 5.91 Å². The number of methoxy groups -OCH3 is 1. The fourth-order valence-electron chi connectivity index (χ4n) is 1.42. The number of carboxylic acids is 1. The van der Waals surface area contributed by atoms with Crippen LogP contribution in [-0.2, 0) is 14.3 Å². The van der Waals surface area contributed by atoms with Gasteiger partial charge in [0, 0.05) is 13.7 Å². The topological polar surface area (TPSA) is 95.9 Å². The van der Waals surface area contributed by atoms with Crippen molar-refractivity contribution in [3.63, 3.8) is 0 Å². The van der Waals surface area contributed by atoms with Gasteiger partial charge in [-0.1, -0.05) is 6.07 Å². The molecule has 0 bridgehead atoms. The van der Waals surface area contributed by atoms with Gasteiger partial charge in [0.15, 0.2) is 0 Å². The van der Waals surface area contributed by atoms with E-state index in [9.17, 15) is 14.4 Å². The van der Waals surface area contributed by atoms with Gasteiger partial charge in [-0.05, 0) is 11.4 Å². The standard InChI is InChI=1S/C12H16N2O5S/c1-19-5-4-14(8-11(16)17)10(15)7-13-12(18)9-3-2-6-20-9/h2-3,6H,4-5,7-8H2,1H3,(H,13,18)(H,16,17). The Balaban J connectivity index is 2.48. The Morgan fingerprint density at radius 2 is 2.20 bits per heavy atom. The van der Waals surface area contributed by atoms with Crippen molar-refractivity contribution in [1.82, 2.24) is 10.2 Å². The van der Waals surface area contributed by atoms with Crippen LogP contribution < -0.4 is 5.32 Å². The molecule has 8 heteroatoms. The smallest absolute Gasteiger partial charge is 0.323 e. The maximum atomic E-state index is 11.9. The van der Waals surface area contributed by atoms with Gasteiger partial charge in [-0.3, -0.25) is 14.4 Å². The Kier molecular flexibility index (Phi) is 6.68. The SMILES string of the molecule is COCCN(CC(=O)O)C(=O)CNC(=O)c1cccs1. The molecule has 110 valence electrons. The molecule has 0 radical (unpaired) electrons. The maximum absolute atomic E-state index is 11.9. The summed E-state index contributed by atoms with van der Waals surface area (Å²) in [6.07, 6.45) is 0. The Hall–Kier alpha value is -1.93. The van der Waals surface area contributed by atoms with Crippen molar-refractivity contribution >= 4 is 29.1 Å². The summed E-state index contributed by atoms with van der Waals surface area (Å²) in [5.74, 6) is -1.93. The highest BCUT2D eigenvalue weighted by molar-refractivity contribution is 7.12. The summed E-state index contributed by atoms with van der Waals surface area (Å²) in [6.45, 7) is -0.265. The molecule has 0 aromatic carbocycles. The van der Waals surface area contributed by atoms with E-state index in [0.29, 0.717) is 4.88 Å². The largest absolute Gasteiger partial charge is 0.480 e. The lowest BCUT2D eigenvalue weighted by molar-refractivity contribution is -0.144. The normalized spacial score (nSPS) is 10.1. The average Bonchev–Trinajstić information content (AvgIpc) is 2.94. The molecule has 0 atom stereocenters. The highest BCUT2D eigenvalue weighted by Crippen LogP contribution is 2.07. The number of ether oxygens (including phenoxy) is 1. The van der Waals surface area contributed by atoms with Gasteiger partial charge in [-0.2, -0.15) is 0 Å². The molecule has 20 heavy (non-hydrogen) atoms. The molecule has 2 N–H and O–H groups in total. The minimum absolute atomic E-state index is 0.163. The number of rotatable bonds is 8. The molecule has 1 rings (SSSR count). The van der Waals surface area contributed by atoms with Crippen LogP contribution >= 0.6 is 11.3 Å². The zero-order chi connectivity index (χ0) is 15.0. The molecule has 0 aliphatic carbocycles. The molecule has 0 unspecified atom stereocenters. The van der Waals surface area contributed by atoms with Crippen LogP contribution in [0, 0.1) is 0 Å². The Bertz CT molecular complexity index is 460. The number of amides is 2. The Morgan fingerprint density at radius 3 is 2.75 bits per heavy atom. The first-order chi connectivity index (χ1) is 9.54. The molecule has 2 amide bonds. The van der Waals surface area contributed by atoms with E-state index < -0.39 is 18.4 Å². The first-order valence-electron chi connectivity index (χ1n) is 5.84. The summed E-state index contributed by atoms with van der Waals surface area (Å²) in [5.41, 5.74) is 0. The predicted octanol–water partition coefficient (Wildman–Crippen LogP) is 0.0375. The van der Waals surface area contributed by atoms with Crippen molar-refractivity contribution in [2.75, 3.05) is 33.4 Å². The zero-order valence-electron chi connectivity index (χ0n) is 11.0. The van der Waals surface area contributed by atoms with E-state index in [2.05, 4.69) is 5.32 Å². The van der Waals surface area contributed by atoms with E-state index in [0.717, 1.165) is 4.90 Å². The van der Waals surface area contributed by atoms with Gasteiger partial charge in [-0.25, -0.2) is 0 Å². The molecule has 0 spiro atoms. The highest BCUT2D eigenvalue weighted by atomic mass is 32.1. The number of hydrogen-bond donors (Lipinski definition) is 2. The Labute approximate surface area is 120 Å². The lowest BCUT2D eigenvalue weighted by Gasteiger charge is -2.20. The molecular weight excluding hydrogens is 284 g/mol. The average molecular weight is 300 g/mol. The highest BCUT2D eigenvalue weighted by Gasteiger charge is 2.17. The molecule has 7 nitrogen and oxygen atoms in total. The molecule has 0 saturated heterocycles. The van der Waals surface area contributed by atoms with E-state index in [1.165, 1.54) is 18.4 Å². The molecule has 0 aliphatic rings. The fourth-order valence-corrected chi connectivity index (χ4v) is 2.06. The number of hydrogen-bond acceptors (Lipinski definition) is 5. The maximum Gasteiger partial charge on any atom is 0.323 e. The summed E-state index contributed by atoms with van der Waals surface area (Å²) in [5, 5.41) is 13.0. The predicted molar refractivity (Wildman–Crippen MR) is 72.7 cm³/mol. The van der Waals surface area contributed by atoms with Crippen molar-refractivity contribution in [3.8, 4) is 0 Å². The van der Waals surface area contributed by atoms with Gasteiger partial charge < -0.3 is 20.1 Å². The van der Waals surface area contributed by atoms with Crippen molar-refractivity contribution in [1.29, 1.82) is 0 Å². The second-order valence-corrected chi connectivity index (χ2v) is 4.81. The first-order valence-corrected chi connectivity index (χ1v) is 6.72. The summed E-state index contributed by atoms with van der Waals surface area (Å²) in [4.78, 5) is 35.8. The molecule has 1 heterocycles. The second-order valence-electron chi connectivity index (χ2n) is 3.86. The van der Waals surface area contributed by atoms with Crippen LogP contribution in [0.1, 0.15) is 9.67 Å². The lowest BCUT2D eigenvalue weighted by Crippen LogP contribution is -2.43. The fraction of sp³-hybridized carbons (Fsp3) is 0.417. The van der Waals surface area contributed by atoms with Crippen LogP contribution in [0.15, 0.2) is 17.5 Å². The van der Waals surface area contributed by atoms with Crippen LogP contribution in [0.5, 0.6) is 0 Å². The van der Waals surface area contributed by atoms with Crippen molar-refractivity contribution in [2.24, 2.45) is 0 Å². The van der Waals surface area contributed by atoms with E-state index in [1.54, 1.807) is 17.5 Å². The van der Waals surface area contributed by atoms with Crippen LogP contribution in [0.2, 0.25) is 0 Å². The van der Waals surface area contributed by atoms with E-state index >= 15 is 0 Å². The number of nitrogens with one attached hydrogen (secondary N) is 1. The summed E-state index contributed by atoms with van der Waals surface area (Å²) in [7, 11) is 1.46. The Morgan fingerprint density at radius 1 is 1.45 bits per heavy atom. The molecular formula is C12H16N2O5S. The van der Waals surface area contributed by atoms with Gasteiger partial charge in [-0.15, -0.1) is 11.3 Å². The van der Waals surface area contributed by atoms with Crippen molar-refractivity contribution < 1.29 is 24.2 Å². The van der Waals surface area contributed by atoms with E-state index in [1.807, 2.05) is 0 Å². The van der Waals surface area contributed by atoms with Crippen molar-refractivity contribution in [2.45, 2.75) is 0 Å². The number of thiophene rings is 1. The first kappa shape index (κ1) is 16.1. The zero-order valence-corrected chi connectivity index (χ0v) is 11.8. The third-order valence-corrected chi connectivity index (χ3v) is 3.26. The van der Waals surface area contributed by atoms with E-state index in [4.69, 9.17) is 9.84 Å². The molecule has 0 saturated carbocycles. The van der Waals surface area contributed by atoms with Gasteiger partial charge >= 0.3 is 5.97 Å². The van der Waals surface area contributed by atoms with Crippen LogP contribution in [0.4, 0.5) is 0 Å². The number of carbonyl (C=O) groups excluding carboxylic acids is 2. The van der Waals surface area contributed by atoms with E-state index in [-0.39, 0.29) is 25.6 Å². The third kappa shape index (κ3) is 5.37. The quantitative estimate of drug-likeness (QED) is 0.706. The van der Waals surface area contributed by atoms with Crippen molar-refractivity contribution in [3.05, 3.63) is 22.4 Å². The number of aliphatic carboxylic acids is 1. The van der Waals surface area contributed by atoms with Gasteiger partial charge in [0.1, 0.15) is 6.54 Å². The van der Waals surface area contributed by atoms with Crippen LogP contribution in [0.25, 0.3) is 0 Å². The molecule has 0 fully saturated rings. The van der Waals surface area contributed by atoms with Crippen LogP contribution in [-0.4, -0.2) is 61.1 Å². The second kappa shape index (κ2) is 8.28. The van der Waals surface area contributed by atoms with Gasteiger partial charge in [0.25, 0.3) is 5.91 Å². The summed E-state index contributed by atoms with van der Waals surface area (Å²) in [6, 6.07) is 3.38. The third-order valence-electron chi connectivity index (χ3n) is 2.39. The molecule has 1 aromatic rings. The lowest BCUT2D eigenvalue weighted by atomic mass is 10.4. The number of carbonyl (C=O) groups is 3. The molecule has 0 aliphatic heterocycles. The summed E-state index contributed by atoms with van der Waals surface area (Å²) >= 11 is 1.26. The van der Waals surface area contributed by atoms with Gasteiger partial charge in [0.05, 0.1) is 18.0 Å².